The highest BCUT2D eigenvalue weighted by Gasteiger charge is 2.23. The Balaban J connectivity index is 1.78. The molecule has 1 heterocycles. The van der Waals surface area contributed by atoms with Crippen LogP contribution in [-0.2, 0) is 0 Å². The zero-order valence-electron chi connectivity index (χ0n) is 13.9. The molecule has 1 N–H and O–H groups in total. The number of fused-ring (bicyclic) bond motifs is 1. The molecule has 0 unspecified atom stereocenters. The van der Waals surface area contributed by atoms with Crippen molar-refractivity contribution in [3.63, 3.8) is 0 Å². The molecule has 0 saturated carbocycles. The molecule has 0 fully saturated rings. The number of hydrogen-bond acceptors (Lipinski definition) is 4. The lowest BCUT2D eigenvalue weighted by atomic mass is 10.00. The maximum Gasteiger partial charge on any atom is 0.251 e. The zero-order valence-corrected chi connectivity index (χ0v) is 13.9. The van der Waals surface area contributed by atoms with Crippen LogP contribution in [0.5, 0.6) is 17.2 Å². The Morgan fingerprint density at radius 2 is 2.08 bits per heavy atom. The molecule has 3 rings (SSSR count). The maximum absolute atomic E-state index is 12.6. The van der Waals surface area contributed by atoms with E-state index in [9.17, 15) is 4.79 Å². The van der Waals surface area contributed by atoms with Crippen molar-refractivity contribution in [2.24, 2.45) is 0 Å². The second-order valence-corrected chi connectivity index (χ2v) is 5.50. The predicted molar refractivity (Wildman–Crippen MR) is 90.9 cm³/mol. The molecular formula is C19H21NO4. The minimum atomic E-state index is -0.141. The molecule has 0 aromatic heterocycles. The first-order valence-electron chi connectivity index (χ1n) is 8.06. The summed E-state index contributed by atoms with van der Waals surface area (Å²) in [5.41, 5.74) is 1.55. The fourth-order valence-electron chi connectivity index (χ4n) is 2.82. The van der Waals surface area contributed by atoms with Crippen molar-refractivity contribution < 1.29 is 19.0 Å². The van der Waals surface area contributed by atoms with Gasteiger partial charge in [-0.2, -0.15) is 0 Å². The van der Waals surface area contributed by atoms with E-state index in [0.717, 1.165) is 17.7 Å². The number of nitrogens with one attached hydrogen (secondary N) is 1. The largest absolute Gasteiger partial charge is 0.493 e. The molecule has 0 radical (unpaired) electrons. The van der Waals surface area contributed by atoms with E-state index in [1.807, 2.05) is 31.2 Å². The summed E-state index contributed by atoms with van der Waals surface area (Å²) < 4.78 is 16.4. The molecule has 0 bridgehead atoms. The first-order valence-corrected chi connectivity index (χ1v) is 8.06. The number of benzene rings is 2. The first kappa shape index (κ1) is 16.2. The van der Waals surface area contributed by atoms with Gasteiger partial charge in [0.25, 0.3) is 5.91 Å². The molecule has 5 nitrogen and oxygen atoms in total. The van der Waals surface area contributed by atoms with Gasteiger partial charge in [0.2, 0.25) is 0 Å². The number of amides is 1. The molecule has 1 atom stereocenters. The van der Waals surface area contributed by atoms with Crippen molar-refractivity contribution in [3.8, 4) is 17.2 Å². The van der Waals surface area contributed by atoms with E-state index in [1.165, 1.54) is 0 Å². The van der Waals surface area contributed by atoms with Crippen LogP contribution in [-0.4, -0.2) is 26.2 Å². The summed E-state index contributed by atoms with van der Waals surface area (Å²) in [6.45, 7) is 3.04. The third kappa shape index (κ3) is 3.30. The van der Waals surface area contributed by atoms with Gasteiger partial charge in [-0.05, 0) is 31.2 Å². The van der Waals surface area contributed by atoms with Gasteiger partial charge in [0.15, 0.2) is 11.5 Å². The van der Waals surface area contributed by atoms with Gasteiger partial charge in [0, 0.05) is 17.5 Å². The van der Waals surface area contributed by atoms with E-state index in [1.54, 1.807) is 25.3 Å². The molecule has 1 aliphatic heterocycles. The van der Waals surface area contributed by atoms with E-state index in [0.29, 0.717) is 30.3 Å². The molecule has 1 amide bonds. The molecule has 0 spiro atoms. The lowest BCUT2D eigenvalue weighted by Crippen LogP contribution is -2.32. The fourth-order valence-corrected chi connectivity index (χ4v) is 2.82. The fraction of sp³-hybridized carbons (Fsp3) is 0.316. The van der Waals surface area contributed by atoms with Crippen LogP contribution in [0, 0.1) is 0 Å². The normalized spacial score (nSPS) is 15.8. The van der Waals surface area contributed by atoms with Crippen LogP contribution in [0.1, 0.15) is 35.3 Å². The Morgan fingerprint density at radius 3 is 2.88 bits per heavy atom. The summed E-state index contributed by atoms with van der Waals surface area (Å²) in [6.07, 6.45) is 0.747. The van der Waals surface area contributed by atoms with Gasteiger partial charge in [0.1, 0.15) is 5.75 Å². The Kier molecular flexibility index (Phi) is 4.89. The number of hydrogen-bond donors (Lipinski definition) is 1. The van der Waals surface area contributed by atoms with Gasteiger partial charge >= 0.3 is 0 Å². The van der Waals surface area contributed by atoms with Crippen LogP contribution < -0.4 is 19.5 Å². The monoisotopic (exact) mass is 327 g/mol. The second-order valence-electron chi connectivity index (χ2n) is 5.50. The highest BCUT2D eigenvalue weighted by molar-refractivity contribution is 5.95. The van der Waals surface area contributed by atoms with Crippen LogP contribution >= 0.6 is 0 Å². The minimum absolute atomic E-state index is 0.0555. The SMILES string of the molecule is CCOc1ccc(C(=O)N[C@@H]2CCOc3ccccc32)cc1OC. The van der Waals surface area contributed by atoms with E-state index in [4.69, 9.17) is 14.2 Å². The summed E-state index contributed by atoms with van der Waals surface area (Å²) in [4.78, 5) is 12.6. The van der Waals surface area contributed by atoms with Gasteiger partial charge in [-0.25, -0.2) is 0 Å². The molecule has 5 heteroatoms. The molecule has 24 heavy (non-hydrogen) atoms. The number of methoxy groups -OCH3 is 1. The van der Waals surface area contributed by atoms with Gasteiger partial charge in [-0.15, -0.1) is 0 Å². The average Bonchev–Trinajstić information content (AvgIpc) is 2.62. The summed E-state index contributed by atoms with van der Waals surface area (Å²) in [5, 5.41) is 3.08. The Bertz CT molecular complexity index is 729. The van der Waals surface area contributed by atoms with Gasteiger partial charge in [0.05, 0.1) is 26.4 Å². The Hall–Kier alpha value is -2.69. The molecule has 0 aliphatic carbocycles. The lowest BCUT2D eigenvalue weighted by molar-refractivity contribution is 0.0924. The van der Waals surface area contributed by atoms with Crippen LogP contribution in [0.2, 0.25) is 0 Å². The van der Waals surface area contributed by atoms with Crippen molar-refractivity contribution in [1.82, 2.24) is 5.32 Å². The Morgan fingerprint density at radius 1 is 1.25 bits per heavy atom. The van der Waals surface area contributed by atoms with Gasteiger partial charge in [-0.3, -0.25) is 4.79 Å². The van der Waals surface area contributed by atoms with E-state index in [2.05, 4.69) is 5.32 Å². The van der Waals surface area contributed by atoms with Crippen LogP contribution in [0.3, 0.4) is 0 Å². The maximum atomic E-state index is 12.6. The summed E-state index contributed by atoms with van der Waals surface area (Å²) >= 11 is 0. The van der Waals surface area contributed by atoms with Crippen molar-refractivity contribution in [2.75, 3.05) is 20.3 Å². The predicted octanol–water partition coefficient (Wildman–Crippen LogP) is 3.35. The summed E-state index contributed by atoms with van der Waals surface area (Å²) in [5.74, 6) is 1.88. The van der Waals surface area contributed by atoms with E-state index in [-0.39, 0.29) is 11.9 Å². The molecular weight excluding hydrogens is 306 g/mol. The van der Waals surface area contributed by atoms with Crippen molar-refractivity contribution in [3.05, 3.63) is 53.6 Å². The highest BCUT2D eigenvalue weighted by atomic mass is 16.5. The Labute approximate surface area is 141 Å². The van der Waals surface area contributed by atoms with Crippen LogP contribution in [0.15, 0.2) is 42.5 Å². The number of para-hydroxylation sites is 1. The van der Waals surface area contributed by atoms with Crippen molar-refractivity contribution in [1.29, 1.82) is 0 Å². The summed E-state index contributed by atoms with van der Waals surface area (Å²) in [7, 11) is 1.56. The third-order valence-electron chi connectivity index (χ3n) is 3.99. The molecule has 1 aliphatic rings. The van der Waals surface area contributed by atoms with E-state index < -0.39 is 0 Å². The molecule has 2 aromatic rings. The van der Waals surface area contributed by atoms with Crippen LogP contribution in [0.4, 0.5) is 0 Å². The summed E-state index contributed by atoms with van der Waals surface area (Å²) in [6, 6.07) is 12.9. The standard InChI is InChI=1S/C19H21NO4/c1-3-23-17-9-8-13(12-18(17)22-2)19(21)20-15-10-11-24-16-7-5-4-6-14(15)16/h4-9,12,15H,3,10-11H2,1-2H3,(H,20,21)/t15-/m1/s1. The molecule has 2 aromatic carbocycles. The lowest BCUT2D eigenvalue weighted by Gasteiger charge is -2.26. The number of carbonyl (C=O) groups excluding carboxylic acids is 1. The van der Waals surface area contributed by atoms with Gasteiger partial charge in [-0.1, -0.05) is 18.2 Å². The smallest absolute Gasteiger partial charge is 0.251 e. The molecule has 0 saturated heterocycles. The minimum Gasteiger partial charge on any atom is -0.493 e. The zero-order chi connectivity index (χ0) is 16.9. The topological polar surface area (TPSA) is 56.8 Å². The number of ether oxygens (including phenoxy) is 3. The second kappa shape index (κ2) is 7.25. The first-order chi connectivity index (χ1) is 11.7. The molecule has 126 valence electrons. The van der Waals surface area contributed by atoms with Crippen LogP contribution in [0.25, 0.3) is 0 Å². The van der Waals surface area contributed by atoms with Gasteiger partial charge < -0.3 is 19.5 Å². The number of carbonyl (C=O) groups is 1. The third-order valence-corrected chi connectivity index (χ3v) is 3.99. The van der Waals surface area contributed by atoms with Crippen molar-refractivity contribution >= 4 is 5.91 Å². The van der Waals surface area contributed by atoms with E-state index >= 15 is 0 Å². The number of rotatable bonds is 5. The quantitative estimate of drug-likeness (QED) is 0.915. The van der Waals surface area contributed by atoms with Crippen molar-refractivity contribution in [2.45, 2.75) is 19.4 Å². The average molecular weight is 327 g/mol. The highest BCUT2D eigenvalue weighted by Crippen LogP contribution is 2.32.